The van der Waals surface area contributed by atoms with Gasteiger partial charge in [0.2, 0.25) is 0 Å². The predicted molar refractivity (Wildman–Crippen MR) is 128 cm³/mol. The minimum atomic E-state index is 0.0407. The summed E-state index contributed by atoms with van der Waals surface area (Å²) in [6, 6.07) is 14.4. The Hall–Kier alpha value is -1.69. The van der Waals surface area contributed by atoms with E-state index in [1.165, 1.54) is 41.0 Å². The van der Waals surface area contributed by atoms with Gasteiger partial charge in [-0.05, 0) is 67.7 Å². The fourth-order valence-corrected chi connectivity index (χ4v) is 9.00. The minimum absolute atomic E-state index is 0.0407. The molecule has 1 aromatic heterocycles. The van der Waals surface area contributed by atoms with Crippen LogP contribution in [-0.2, 0) is 6.61 Å². The van der Waals surface area contributed by atoms with Crippen molar-refractivity contribution in [1.82, 2.24) is 4.98 Å². The maximum atomic E-state index is 12.3. The number of hydrogen-bond acceptors (Lipinski definition) is 4. The molecule has 0 amide bonds. The summed E-state index contributed by atoms with van der Waals surface area (Å²) in [7, 11) is 0. The van der Waals surface area contributed by atoms with E-state index in [0.29, 0.717) is 17.8 Å². The van der Waals surface area contributed by atoms with Crippen molar-refractivity contribution < 1.29 is 4.74 Å². The quantitative estimate of drug-likeness (QED) is 0.466. The van der Waals surface area contributed by atoms with E-state index >= 15 is 0 Å². The highest BCUT2D eigenvalue weighted by Gasteiger charge is 2.55. The highest BCUT2D eigenvalue weighted by atomic mass is 35.5. The first-order valence-corrected chi connectivity index (χ1v) is 13.0. The molecular weight excluding hydrogens is 446 g/mol. The molecule has 5 atom stereocenters. The number of ether oxygens (including phenoxy) is 1. The topological polar surface area (TPSA) is 42.1 Å². The molecular formula is C25H24ClNO2S2. The van der Waals surface area contributed by atoms with Crippen molar-refractivity contribution in [3.63, 3.8) is 0 Å². The number of H-pyrrole nitrogens is 1. The number of aryl methyl sites for hydroxylation is 1. The van der Waals surface area contributed by atoms with E-state index in [2.05, 4.69) is 42.2 Å². The normalized spacial score (nSPS) is 28.4. The molecule has 0 spiro atoms. The molecule has 31 heavy (non-hydrogen) atoms. The Balaban J connectivity index is 1.41. The van der Waals surface area contributed by atoms with Gasteiger partial charge in [-0.2, -0.15) is 0 Å². The van der Waals surface area contributed by atoms with Crippen LogP contribution in [0.5, 0.6) is 5.75 Å². The average molecular weight is 470 g/mol. The molecule has 6 heteroatoms. The predicted octanol–water partition coefficient (Wildman–Crippen LogP) is 6.63. The van der Waals surface area contributed by atoms with E-state index in [1.54, 1.807) is 0 Å². The zero-order valence-electron chi connectivity index (χ0n) is 17.3. The van der Waals surface area contributed by atoms with Gasteiger partial charge < -0.3 is 9.72 Å². The van der Waals surface area contributed by atoms with Gasteiger partial charge in [0.15, 0.2) is 0 Å². The maximum absolute atomic E-state index is 12.3. The van der Waals surface area contributed by atoms with Crippen LogP contribution in [0, 0.1) is 24.7 Å². The number of hydrogen-bond donors (Lipinski definition) is 1. The van der Waals surface area contributed by atoms with E-state index in [0.717, 1.165) is 38.8 Å². The molecule has 3 aliphatic rings. The van der Waals surface area contributed by atoms with Crippen LogP contribution in [0.4, 0.5) is 0 Å². The second kappa shape index (κ2) is 7.72. The maximum Gasteiger partial charge on any atom is 0.305 e. The van der Waals surface area contributed by atoms with Crippen LogP contribution in [-0.4, -0.2) is 10.2 Å². The second-order valence-electron chi connectivity index (χ2n) is 9.14. The summed E-state index contributed by atoms with van der Waals surface area (Å²) in [5.41, 5.74) is 3.53. The highest BCUT2D eigenvalue weighted by molar-refractivity contribution is 8.00. The highest BCUT2D eigenvalue weighted by Crippen LogP contribution is 2.64. The number of aromatic amines is 1. The van der Waals surface area contributed by atoms with Crippen LogP contribution in [0.15, 0.2) is 52.3 Å². The Kier molecular flexibility index (Phi) is 4.97. The first kappa shape index (κ1) is 20.0. The number of nitrogens with one attached hydrogen (secondary N) is 1. The van der Waals surface area contributed by atoms with Crippen LogP contribution in [0.1, 0.15) is 46.7 Å². The summed E-state index contributed by atoms with van der Waals surface area (Å²) in [5, 5.41) is 2.36. The second-order valence-corrected chi connectivity index (χ2v) is 11.8. The first-order valence-electron chi connectivity index (χ1n) is 10.9. The van der Waals surface area contributed by atoms with Crippen molar-refractivity contribution in [3.8, 4) is 5.75 Å². The fourth-order valence-electron chi connectivity index (χ4n) is 5.94. The minimum Gasteiger partial charge on any atom is -0.489 e. The smallest absolute Gasteiger partial charge is 0.305 e. The van der Waals surface area contributed by atoms with Crippen LogP contribution < -0.4 is 9.61 Å². The Morgan fingerprint density at radius 3 is 2.77 bits per heavy atom. The molecule has 3 aromatic rings. The van der Waals surface area contributed by atoms with Crippen LogP contribution in [0.2, 0.25) is 5.02 Å². The van der Waals surface area contributed by atoms with Gasteiger partial charge >= 0.3 is 4.87 Å². The largest absolute Gasteiger partial charge is 0.489 e. The van der Waals surface area contributed by atoms with Gasteiger partial charge in [-0.3, -0.25) is 4.79 Å². The summed E-state index contributed by atoms with van der Waals surface area (Å²) in [4.78, 5) is 16.6. The Morgan fingerprint density at radius 1 is 1.13 bits per heavy atom. The number of thioether (sulfide) groups is 1. The number of benzene rings is 2. The van der Waals surface area contributed by atoms with Crippen LogP contribution in [0.25, 0.3) is 0 Å². The van der Waals surface area contributed by atoms with Gasteiger partial charge in [0, 0.05) is 26.6 Å². The van der Waals surface area contributed by atoms with Gasteiger partial charge in [-0.25, -0.2) is 0 Å². The molecule has 0 radical (unpaired) electrons. The zero-order valence-corrected chi connectivity index (χ0v) is 19.7. The van der Waals surface area contributed by atoms with Gasteiger partial charge in [0.25, 0.3) is 0 Å². The zero-order chi connectivity index (χ0) is 21.1. The third-order valence-corrected chi connectivity index (χ3v) is 10.1. The fraction of sp³-hybridized carbons (Fsp3) is 0.400. The monoisotopic (exact) mass is 469 g/mol. The number of halogens is 1. The van der Waals surface area contributed by atoms with Crippen molar-refractivity contribution in [1.29, 1.82) is 0 Å². The van der Waals surface area contributed by atoms with Crippen LogP contribution >= 0.6 is 34.7 Å². The molecule has 160 valence electrons. The van der Waals surface area contributed by atoms with Crippen molar-refractivity contribution >= 4 is 34.7 Å². The van der Waals surface area contributed by atoms with E-state index in [-0.39, 0.29) is 10.8 Å². The Labute approximate surface area is 195 Å². The van der Waals surface area contributed by atoms with Gasteiger partial charge in [-0.15, -0.1) is 11.8 Å². The molecule has 4 unspecified atom stereocenters. The van der Waals surface area contributed by atoms with Crippen molar-refractivity contribution in [2.45, 2.75) is 49.0 Å². The van der Waals surface area contributed by atoms with E-state index < -0.39 is 0 Å². The summed E-state index contributed by atoms with van der Waals surface area (Å²) in [5.74, 6) is 3.09. The lowest BCUT2D eigenvalue weighted by Crippen LogP contribution is -2.33. The van der Waals surface area contributed by atoms with Gasteiger partial charge in [-0.1, -0.05) is 52.8 Å². The third kappa shape index (κ3) is 3.46. The summed E-state index contributed by atoms with van der Waals surface area (Å²) in [6.07, 6.45) is 3.94. The number of fused-ring (bicyclic) bond motifs is 6. The van der Waals surface area contributed by atoms with E-state index in [9.17, 15) is 4.79 Å². The van der Waals surface area contributed by atoms with Crippen molar-refractivity contribution in [2.75, 3.05) is 0 Å². The molecule has 2 fully saturated rings. The SMILES string of the molecule is Cc1ccc(COc2ccc(Cl)cc2[C@H]2c3sc(=O)[nH]c3SC3C4CCC(C4)C32)cc1. The molecule has 2 aromatic carbocycles. The number of aromatic nitrogens is 1. The molecule has 1 aliphatic heterocycles. The lowest BCUT2D eigenvalue weighted by molar-refractivity contribution is 0.280. The van der Waals surface area contributed by atoms with Gasteiger partial charge in [0.05, 0.1) is 5.03 Å². The molecule has 3 nitrogen and oxygen atoms in total. The Bertz CT molecular complexity index is 1180. The lowest BCUT2D eigenvalue weighted by atomic mass is 9.74. The Morgan fingerprint density at radius 2 is 1.94 bits per heavy atom. The number of rotatable bonds is 4. The van der Waals surface area contributed by atoms with Crippen LogP contribution in [0.3, 0.4) is 0 Å². The van der Waals surface area contributed by atoms with E-state index in [1.807, 2.05) is 23.9 Å². The molecule has 2 aliphatic carbocycles. The van der Waals surface area contributed by atoms with Crippen molar-refractivity contribution in [3.05, 3.63) is 78.7 Å². The number of thiazole rings is 1. The molecule has 2 saturated carbocycles. The molecule has 0 saturated heterocycles. The first-order chi connectivity index (χ1) is 15.1. The van der Waals surface area contributed by atoms with E-state index in [4.69, 9.17) is 16.3 Å². The third-order valence-electron chi connectivity index (χ3n) is 7.29. The summed E-state index contributed by atoms with van der Waals surface area (Å²) in [6.45, 7) is 2.61. The van der Waals surface area contributed by atoms with Gasteiger partial charge in [0.1, 0.15) is 12.4 Å². The summed E-state index contributed by atoms with van der Waals surface area (Å²) >= 11 is 9.78. The standard InChI is InChI=1S/C25H24ClNO2S2/c1-13-2-4-14(5-3-13)12-29-19-9-8-17(26)11-18(19)21-20-15-6-7-16(10-15)22(20)30-24-23(21)31-25(28)27-24/h2-5,8-9,11,15-16,20-22H,6-7,10,12H2,1H3,(H,27,28)/t15?,16?,20?,21-,22?/m1/s1. The average Bonchev–Trinajstić information content (AvgIpc) is 3.46. The molecule has 2 heterocycles. The lowest BCUT2D eigenvalue weighted by Gasteiger charge is -2.40. The molecule has 6 rings (SSSR count). The molecule has 2 bridgehead atoms. The summed E-state index contributed by atoms with van der Waals surface area (Å²) < 4.78 is 6.37. The van der Waals surface area contributed by atoms with Crippen molar-refractivity contribution in [2.24, 2.45) is 17.8 Å². The molecule has 1 N–H and O–H groups in total.